The first-order valence-electron chi connectivity index (χ1n) is 8.05. The van der Waals surface area contributed by atoms with E-state index in [1.54, 1.807) is 0 Å². The third-order valence-electron chi connectivity index (χ3n) is 4.80. The van der Waals surface area contributed by atoms with Crippen molar-refractivity contribution in [3.05, 3.63) is 29.3 Å². The van der Waals surface area contributed by atoms with E-state index in [0.717, 1.165) is 31.3 Å². The molecule has 3 rings (SSSR count). The number of nitrogens with zero attached hydrogens (tertiary/aromatic N) is 2. The summed E-state index contributed by atoms with van der Waals surface area (Å²) in [6.45, 7) is 4.20. The molecule has 0 aliphatic carbocycles. The summed E-state index contributed by atoms with van der Waals surface area (Å²) in [5, 5.41) is 0.865. The SMILES string of the molecule is CN(C[C@@H]1CCCO1)C1CCN(c2ccccc2Cl)CC1. The lowest BCUT2D eigenvalue weighted by molar-refractivity contribution is 0.0636. The van der Waals surface area contributed by atoms with Crippen molar-refractivity contribution in [3.63, 3.8) is 0 Å². The van der Waals surface area contributed by atoms with E-state index in [-0.39, 0.29) is 0 Å². The van der Waals surface area contributed by atoms with Crippen molar-refractivity contribution in [2.24, 2.45) is 0 Å². The van der Waals surface area contributed by atoms with E-state index in [4.69, 9.17) is 16.3 Å². The Morgan fingerprint density at radius 1 is 1.24 bits per heavy atom. The molecule has 0 aromatic heterocycles. The summed E-state index contributed by atoms with van der Waals surface area (Å²) >= 11 is 6.30. The molecule has 0 bridgehead atoms. The van der Waals surface area contributed by atoms with E-state index < -0.39 is 0 Å². The van der Waals surface area contributed by atoms with E-state index in [9.17, 15) is 0 Å². The van der Waals surface area contributed by atoms with Crippen LogP contribution in [0.3, 0.4) is 0 Å². The fourth-order valence-corrected chi connectivity index (χ4v) is 3.77. The zero-order chi connectivity index (χ0) is 14.7. The molecule has 0 N–H and O–H groups in total. The van der Waals surface area contributed by atoms with Crippen molar-refractivity contribution >= 4 is 17.3 Å². The Labute approximate surface area is 132 Å². The zero-order valence-electron chi connectivity index (χ0n) is 12.8. The molecule has 3 nitrogen and oxygen atoms in total. The van der Waals surface area contributed by atoms with Crippen molar-refractivity contribution in [2.45, 2.75) is 37.8 Å². The number of piperidine rings is 1. The Hall–Kier alpha value is -0.770. The number of hydrogen-bond donors (Lipinski definition) is 0. The monoisotopic (exact) mass is 308 g/mol. The highest BCUT2D eigenvalue weighted by atomic mass is 35.5. The standard InChI is InChI=1S/C17H25ClN2O/c1-19(13-15-5-4-12-21-15)14-8-10-20(11-9-14)17-7-3-2-6-16(17)18/h2-3,6-7,14-15H,4-5,8-13H2,1H3/t15-/m0/s1. The fourth-order valence-electron chi connectivity index (χ4n) is 3.51. The Balaban J connectivity index is 1.51. The summed E-state index contributed by atoms with van der Waals surface area (Å²) in [5.74, 6) is 0. The van der Waals surface area contributed by atoms with Gasteiger partial charge < -0.3 is 14.5 Å². The summed E-state index contributed by atoms with van der Waals surface area (Å²) in [6.07, 6.45) is 5.31. The normalized spacial score (nSPS) is 24.0. The highest BCUT2D eigenvalue weighted by Crippen LogP contribution is 2.29. The molecule has 2 heterocycles. The minimum Gasteiger partial charge on any atom is -0.377 e. The molecule has 0 radical (unpaired) electrons. The first kappa shape index (κ1) is 15.1. The van der Waals surface area contributed by atoms with Crippen molar-refractivity contribution in [1.82, 2.24) is 4.90 Å². The molecule has 0 unspecified atom stereocenters. The van der Waals surface area contributed by atoms with Gasteiger partial charge >= 0.3 is 0 Å². The maximum Gasteiger partial charge on any atom is 0.0702 e. The summed E-state index contributed by atoms with van der Waals surface area (Å²) in [5.41, 5.74) is 1.18. The van der Waals surface area contributed by atoms with Crippen LogP contribution in [0.2, 0.25) is 5.02 Å². The van der Waals surface area contributed by atoms with Crippen molar-refractivity contribution < 1.29 is 4.74 Å². The molecule has 1 aromatic rings. The molecule has 1 aromatic carbocycles. The predicted octanol–water partition coefficient (Wildman–Crippen LogP) is 3.42. The Morgan fingerprint density at radius 3 is 2.67 bits per heavy atom. The van der Waals surface area contributed by atoms with Gasteiger partial charge in [-0.1, -0.05) is 23.7 Å². The average molecular weight is 309 g/mol. The van der Waals surface area contributed by atoms with Gasteiger partial charge in [0, 0.05) is 32.3 Å². The molecule has 2 aliphatic heterocycles. The molecule has 21 heavy (non-hydrogen) atoms. The molecular weight excluding hydrogens is 284 g/mol. The topological polar surface area (TPSA) is 15.7 Å². The number of anilines is 1. The van der Waals surface area contributed by atoms with Crippen LogP contribution in [0.15, 0.2) is 24.3 Å². The van der Waals surface area contributed by atoms with Gasteiger partial charge in [-0.3, -0.25) is 0 Å². The van der Waals surface area contributed by atoms with Crippen molar-refractivity contribution in [2.75, 3.05) is 38.2 Å². The van der Waals surface area contributed by atoms with Crippen LogP contribution in [-0.2, 0) is 4.74 Å². The van der Waals surface area contributed by atoms with Gasteiger partial charge in [-0.25, -0.2) is 0 Å². The number of halogens is 1. The fraction of sp³-hybridized carbons (Fsp3) is 0.647. The van der Waals surface area contributed by atoms with Crippen LogP contribution in [0.5, 0.6) is 0 Å². The smallest absolute Gasteiger partial charge is 0.0702 e. The highest BCUT2D eigenvalue weighted by Gasteiger charge is 2.26. The number of hydrogen-bond acceptors (Lipinski definition) is 3. The number of para-hydroxylation sites is 1. The van der Waals surface area contributed by atoms with Crippen molar-refractivity contribution in [3.8, 4) is 0 Å². The second kappa shape index (κ2) is 6.99. The van der Waals surface area contributed by atoms with E-state index in [1.807, 2.05) is 12.1 Å². The molecule has 4 heteroatoms. The van der Waals surface area contributed by atoms with Gasteiger partial charge in [0.25, 0.3) is 0 Å². The van der Waals surface area contributed by atoms with E-state index in [1.165, 1.54) is 31.4 Å². The number of likely N-dealkylation sites (N-methyl/N-ethyl adjacent to an activating group) is 1. The van der Waals surface area contributed by atoms with Crippen molar-refractivity contribution in [1.29, 1.82) is 0 Å². The lowest BCUT2D eigenvalue weighted by atomic mass is 10.0. The molecule has 2 aliphatic rings. The van der Waals surface area contributed by atoms with Gasteiger partial charge in [0.05, 0.1) is 16.8 Å². The van der Waals surface area contributed by atoms with Gasteiger partial charge in [-0.2, -0.15) is 0 Å². The first-order valence-corrected chi connectivity index (χ1v) is 8.43. The molecule has 1 atom stereocenters. The summed E-state index contributed by atoms with van der Waals surface area (Å²) in [4.78, 5) is 4.92. The largest absolute Gasteiger partial charge is 0.377 e. The molecule has 0 amide bonds. The Morgan fingerprint density at radius 2 is 2.00 bits per heavy atom. The third-order valence-corrected chi connectivity index (χ3v) is 5.12. The lowest BCUT2D eigenvalue weighted by Gasteiger charge is -2.38. The quantitative estimate of drug-likeness (QED) is 0.847. The molecule has 116 valence electrons. The number of rotatable bonds is 4. The first-order chi connectivity index (χ1) is 10.2. The van der Waals surface area contributed by atoms with E-state index in [0.29, 0.717) is 12.1 Å². The van der Waals surface area contributed by atoms with Crippen LogP contribution >= 0.6 is 11.6 Å². The minimum absolute atomic E-state index is 0.455. The summed E-state index contributed by atoms with van der Waals surface area (Å²) in [7, 11) is 2.25. The molecule has 2 saturated heterocycles. The maximum atomic E-state index is 6.30. The molecule has 0 spiro atoms. The maximum absolute atomic E-state index is 6.30. The van der Waals surface area contributed by atoms with Gasteiger partial charge in [-0.15, -0.1) is 0 Å². The Kier molecular flexibility index (Phi) is 5.04. The van der Waals surface area contributed by atoms with Crippen LogP contribution < -0.4 is 4.90 Å². The molecule has 2 fully saturated rings. The van der Waals surface area contributed by atoms with Crippen LogP contribution in [-0.4, -0.2) is 50.3 Å². The second-order valence-electron chi connectivity index (χ2n) is 6.24. The van der Waals surface area contributed by atoms with Crippen LogP contribution in [0.4, 0.5) is 5.69 Å². The zero-order valence-corrected chi connectivity index (χ0v) is 13.6. The van der Waals surface area contributed by atoms with Gasteiger partial charge in [-0.05, 0) is 44.9 Å². The van der Waals surface area contributed by atoms with E-state index in [2.05, 4.69) is 29.0 Å². The van der Waals surface area contributed by atoms with Crippen LogP contribution in [0, 0.1) is 0 Å². The highest BCUT2D eigenvalue weighted by molar-refractivity contribution is 6.33. The number of ether oxygens (including phenoxy) is 1. The van der Waals surface area contributed by atoms with Crippen LogP contribution in [0.1, 0.15) is 25.7 Å². The summed E-state index contributed by atoms with van der Waals surface area (Å²) < 4.78 is 5.75. The molecular formula is C17H25ClN2O. The van der Waals surface area contributed by atoms with Gasteiger partial charge in [0.2, 0.25) is 0 Å². The summed E-state index contributed by atoms with van der Waals surface area (Å²) in [6, 6.07) is 8.84. The lowest BCUT2D eigenvalue weighted by Crippen LogP contribution is -2.45. The van der Waals surface area contributed by atoms with Gasteiger partial charge in [0.1, 0.15) is 0 Å². The Bertz CT molecular complexity index is 454. The number of benzene rings is 1. The second-order valence-corrected chi connectivity index (χ2v) is 6.65. The van der Waals surface area contributed by atoms with Crippen LogP contribution in [0.25, 0.3) is 0 Å². The minimum atomic E-state index is 0.455. The van der Waals surface area contributed by atoms with Gasteiger partial charge in [0.15, 0.2) is 0 Å². The average Bonchev–Trinajstić information content (AvgIpc) is 3.01. The third kappa shape index (κ3) is 3.71. The molecule has 0 saturated carbocycles. The van der Waals surface area contributed by atoms with E-state index >= 15 is 0 Å². The predicted molar refractivity (Wildman–Crippen MR) is 88.3 cm³/mol.